The average Bonchev–Trinajstić information content (AvgIpc) is 2.90. The number of benzene rings is 2. The number of aromatic hydroxyl groups is 1. The number of ether oxygens (including phenoxy) is 1. The monoisotopic (exact) mass is 341 g/mol. The van der Waals surface area contributed by atoms with Crippen molar-refractivity contribution in [1.29, 1.82) is 0 Å². The highest BCUT2D eigenvalue weighted by atomic mass is 19.1. The van der Waals surface area contributed by atoms with Crippen LogP contribution in [0.2, 0.25) is 0 Å². The summed E-state index contributed by atoms with van der Waals surface area (Å²) in [6.07, 6.45) is 0. The first-order chi connectivity index (χ1) is 11.5. The lowest BCUT2D eigenvalue weighted by Gasteiger charge is -2.29. The third-order valence-electron chi connectivity index (χ3n) is 4.76. The molecule has 25 heavy (non-hydrogen) atoms. The molecule has 3 heteroatoms. The fourth-order valence-electron chi connectivity index (χ4n) is 3.34. The van der Waals surface area contributed by atoms with Crippen molar-refractivity contribution in [1.82, 2.24) is 0 Å². The predicted octanol–water partition coefficient (Wildman–Crippen LogP) is 5.81. The second-order valence-electron chi connectivity index (χ2n) is 8.85. The molecule has 0 amide bonds. The van der Waals surface area contributed by atoms with Gasteiger partial charge in [0, 0.05) is 5.56 Å². The summed E-state index contributed by atoms with van der Waals surface area (Å²) >= 11 is 0. The molecule has 2 nitrogen and oxygen atoms in total. The maximum absolute atomic E-state index is 14.0. The van der Waals surface area contributed by atoms with Gasteiger partial charge in [-0.25, -0.2) is 4.39 Å². The topological polar surface area (TPSA) is 29.5 Å². The third kappa shape index (κ3) is 3.12. The van der Waals surface area contributed by atoms with Gasteiger partial charge >= 0.3 is 0 Å². The Morgan fingerprint density at radius 1 is 0.960 bits per heavy atom. The van der Waals surface area contributed by atoms with Crippen LogP contribution in [0.4, 0.5) is 4.39 Å². The van der Waals surface area contributed by atoms with Crippen molar-refractivity contribution >= 4 is 0 Å². The number of hydrogen-bond acceptors (Lipinski definition) is 2. The van der Waals surface area contributed by atoms with Gasteiger partial charge in [0.1, 0.15) is 12.4 Å². The van der Waals surface area contributed by atoms with Gasteiger partial charge in [0.25, 0.3) is 0 Å². The van der Waals surface area contributed by atoms with E-state index in [0.29, 0.717) is 11.5 Å². The van der Waals surface area contributed by atoms with Crippen LogP contribution in [-0.2, 0) is 10.8 Å². The van der Waals surface area contributed by atoms with Gasteiger partial charge in [0.05, 0.1) is 5.92 Å². The van der Waals surface area contributed by atoms with Crippen molar-refractivity contribution in [3.8, 4) is 11.5 Å². The van der Waals surface area contributed by atoms with E-state index in [-0.39, 0.29) is 22.6 Å². The molecule has 1 heterocycles. The Morgan fingerprint density at radius 3 is 2.04 bits per heavy atom. The summed E-state index contributed by atoms with van der Waals surface area (Å²) in [7, 11) is 0. The van der Waals surface area contributed by atoms with Crippen molar-refractivity contribution in [2.24, 2.45) is 0 Å². The van der Waals surface area contributed by atoms with Crippen LogP contribution < -0.4 is 4.74 Å². The van der Waals surface area contributed by atoms with Crippen molar-refractivity contribution in [3.63, 3.8) is 0 Å². The van der Waals surface area contributed by atoms with Gasteiger partial charge in [-0.1, -0.05) is 65.8 Å². The molecule has 2 aromatic rings. The SMILES string of the molecule is CC(C)(C)c1cc([C@@H]2[CH]Oc3c(F)cccc32)cc(C(C)(C)C)c1O. The Hall–Kier alpha value is -2.03. The maximum atomic E-state index is 14.0. The Morgan fingerprint density at radius 2 is 1.52 bits per heavy atom. The molecule has 1 atom stereocenters. The smallest absolute Gasteiger partial charge is 0.165 e. The van der Waals surface area contributed by atoms with E-state index in [9.17, 15) is 9.50 Å². The first kappa shape index (κ1) is 17.8. The van der Waals surface area contributed by atoms with Crippen molar-refractivity contribution in [3.05, 3.63) is 65.0 Å². The molecule has 0 fully saturated rings. The minimum Gasteiger partial charge on any atom is -0.507 e. The summed E-state index contributed by atoms with van der Waals surface area (Å²) in [6.45, 7) is 14.2. The quantitative estimate of drug-likeness (QED) is 0.709. The molecule has 133 valence electrons. The van der Waals surface area contributed by atoms with Crippen LogP contribution in [0.15, 0.2) is 30.3 Å². The Balaban J connectivity index is 2.21. The molecule has 0 spiro atoms. The summed E-state index contributed by atoms with van der Waals surface area (Å²) in [5.41, 5.74) is 3.22. The zero-order chi connectivity index (χ0) is 18.6. The fraction of sp³-hybridized carbons (Fsp3) is 0.409. The molecule has 0 saturated carbocycles. The predicted molar refractivity (Wildman–Crippen MR) is 98.7 cm³/mol. The molecule has 1 radical (unpaired) electrons. The van der Waals surface area contributed by atoms with Crippen molar-refractivity contribution in [2.75, 3.05) is 0 Å². The number of rotatable bonds is 1. The van der Waals surface area contributed by atoms with Gasteiger partial charge in [-0.2, -0.15) is 0 Å². The van der Waals surface area contributed by atoms with Crippen LogP contribution in [0.5, 0.6) is 11.5 Å². The molecular weight excluding hydrogens is 315 g/mol. The van der Waals surface area contributed by atoms with E-state index in [2.05, 4.69) is 41.5 Å². The highest BCUT2D eigenvalue weighted by Crippen LogP contribution is 2.46. The number of fused-ring (bicyclic) bond motifs is 1. The summed E-state index contributed by atoms with van der Waals surface area (Å²) in [5.74, 6) is 0.160. The van der Waals surface area contributed by atoms with Crippen LogP contribution in [0.3, 0.4) is 0 Å². The summed E-state index contributed by atoms with van der Waals surface area (Å²) in [6, 6.07) is 9.06. The van der Waals surface area contributed by atoms with E-state index in [4.69, 9.17) is 4.74 Å². The molecular formula is C22H26FO2. The van der Waals surface area contributed by atoms with Crippen LogP contribution in [0.1, 0.15) is 69.7 Å². The molecule has 0 aromatic heterocycles. The normalized spacial score (nSPS) is 17.3. The minimum atomic E-state index is -0.345. The van der Waals surface area contributed by atoms with Gasteiger partial charge in [-0.3, -0.25) is 0 Å². The number of halogens is 1. The van der Waals surface area contributed by atoms with Crippen LogP contribution in [-0.4, -0.2) is 5.11 Å². The average molecular weight is 341 g/mol. The number of hydrogen-bond donors (Lipinski definition) is 1. The largest absolute Gasteiger partial charge is 0.507 e. The van der Waals surface area contributed by atoms with E-state index in [1.165, 1.54) is 6.07 Å². The molecule has 3 rings (SSSR count). The van der Waals surface area contributed by atoms with Gasteiger partial charge in [-0.15, -0.1) is 0 Å². The zero-order valence-corrected chi connectivity index (χ0v) is 15.8. The number of para-hydroxylation sites is 1. The summed E-state index contributed by atoms with van der Waals surface area (Å²) in [4.78, 5) is 0. The summed E-state index contributed by atoms with van der Waals surface area (Å²) in [5, 5.41) is 10.9. The first-order valence-corrected chi connectivity index (χ1v) is 8.66. The van der Waals surface area contributed by atoms with Crippen LogP contribution >= 0.6 is 0 Å². The molecule has 0 unspecified atom stereocenters. The first-order valence-electron chi connectivity index (χ1n) is 8.66. The van der Waals surface area contributed by atoms with Gasteiger partial charge in [-0.05, 0) is 33.6 Å². The highest BCUT2D eigenvalue weighted by Gasteiger charge is 2.33. The number of phenolic OH excluding ortho intramolecular Hbond substituents is 1. The van der Waals surface area contributed by atoms with Gasteiger partial charge in [0.2, 0.25) is 0 Å². The molecule has 0 bridgehead atoms. The second-order valence-corrected chi connectivity index (χ2v) is 8.85. The van der Waals surface area contributed by atoms with E-state index in [1.54, 1.807) is 12.7 Å². The molecule has 2 aromatic carbocycles. The lowest BCUT2D eigenvalue weighted by atomic mass is 9.76. The molecule has 1 aliphatic rings. The standard InChI is InChI=1S/C22H26FO2/c1-21(2,3)16-10-13(11-17(19(16)24)22(4,5)6)15-12-25-20-14(15)8-7-9-18(20)23/h7-12,15,24H,1-6H3/t15-/m0/s1. The zero-order valence-electron chi connectivity index (χ0n) is 15.8. The van der Waals surface area contributed by atoms with Crippen molar-refractivity contribution in [2.45, 2.75) is 58.3 Å². The van der Waals surface area contributed by atoms with Crippen LogP contribution in [0, 0.1) is 12.4 Å². The lowest BCUT2D eigenvalue weighted by Crippen LogP contribution is -2.18. The molecule has 0 saturated heterocycles. The molecule has 1 N–H and O–H groups in total. The molecule has 1 aliphatic heterocycles. The van der Waals surface area contributed by atoms with E-state index >= 15 is 0 Å². The van der Waals surface area contributed by atoms with E-state index in [0.717, 1.165) is 22.3 Å². The second kappa shape index (κ2) is 5.76. The van der Waals surface area contributed by atoms with Gasteiger partial charge < -0.3 is 9.84 Å². The van der Waals surface area contributed by atoms with E-state index < -0.39 is 0 Å². The third-order valence-corrected chi connectivity index (χ3v) is 4.76. The Bertz CT molecular complexity index is 775. The lowest BCUT2D eigenvalue weighted by molar-refractivity contribution is 0.398. The Labute approximate surface area is 149 Å². The van der Waals surface area contributed by atoms with Crippen molar-refractivity contribution < 1.29 is 14.2 Å². The maximum Gasteiger partial charge on any atom is 0.165 e. The Kier molecular flexibility index (Phi) is 4.09. The minimum absolute atomic E-state index is 0.145. The molecule has 0 aliphatic carbocycles. The highest BCUT2D eigenvalue weighted by molar-refractivity contribution is 5.55. The van der Waals surface area contributed by atoms with Crippen LogP contribution in [0.25, 0.3) is 0 Å². The fourth-order valence-corrected chi connectivity index (χ4v) is 3.34. The number of phenols is 1. The van der Waals surface area contributed by atoms with E-state index in [1.807, 2.05) is 18.2 Å². The summed E-state index contributed by atoms with van der Waals surface area (Å²) < 4.78 is 19.5. The van der Waals surface area contributed by atoms with Gasteiger partial charge in [0.15, 0.2) is 11.6 Å².